The highest BCUT2D eigenvalue weighted by atomic mass is 16.5. The van der Waals surface area contributed by atoms with Gasteiger partial charge in [0.05, 0.1) is 13.2 Å². The Bertz CT molecular complexity index is 504. The third-order valence-electron chi connectivity index (χ3n) is 3.06. The number of carbonyl (C=O) groups is 2. The number of unbranched alkanes of at least 4 members (excludes halogenated alkanes) is 2. The fourth-order valence-electron chi connectivity index (χ4n) is 1.97. The van der Waals surface area contributed by atoms with Crippen LogP contribution >= 0.6 is 0 Å². The fourth-order valence-corrected chi connectivity index (χ4v) is 1.97. The highest BCUT2D eigenvalue weighted by molar-refractivity contribution is 5.96. The molecule has 0 aliphatic rings. The summed E-state index contributed by atoms with van der Waals surface area (Å²) >= 11 is 0. The summed E-state index contributed by atoms with van der Waals surface area (Å²) in [6, 6.07) is 6.95. The zero-order chi connectivity index (χ0) is 17.3. The van der Waals surface area contributed by atoms with Crippen LogP contribution in [0.25, 0.3) is 0 Å². The molecule has 0 radical (unpaired) electrons. The summed E-state index contributed by atoms with van der Waals surface area (Å²) in [4.78, 5) is 23.7. The largest absolute Gasteiger partial charge is 0.494 e. The second-order valence-electron chi connectivity index (χ2n) is 6.56. The van der Waals surface area contributed by atoms with Crippen LogP contribution in [0.2, 0.25) is 0 Å². The smallest absolute Gasteiger partial charge is 0.251 e. The first-order valence-electron chi connectivity index (χ1n) is 8.14. The molecule has 0 saturated carbocycles. The molecule has 0 spiro atoms. The minimum Gasteiger partial charge on any atom is -0.494 e. The molecule has 0 saturated heterocycles. The van der Waals surface area contributed by atoms with Gasteiger partial charge in [-0.15, -0.1) is 0 Å². The van der Waals surface area contributed by atoms with Gasteiger partial charge in [-0.05, 0) is 51.5 Å². The molecule has 1 rings (SSSR count). The second kappa shape index (κ2) is 9.18. The van der Waals surface area contributed by atoms with E-state index in [9.17, 15) is 9.59 Å². The highest BCUT2D eigenvalue weighted by Gasteiger charge is 2.14. The van der Waals surface area contributed by atoms with Gasteiger partial charge in [-0.2, -0.15) is 0 Å². The first-order valence-corrected chi connectivity index (χ1v) is 8.14. The standard InChI is InChI=1S/C18H28N2O3/c1-5-6-7-12-23-15-10-8-14(9-11-15)17(22)19-13-16(21)20-18(2,3)4/h8-11H,5-7,12-13H2,1-4H3,(H,19,22)(H,20,21). The molecule has 0 bridgehead atoms. The van der Waals surface area contributed by atoms with Crippen molar-refractivity contribution in [3.63, 3.8) is 0 Å². The number of nitrogens with one attached hydrogen (secondary N) is 2. The van der Waals surface area contributed by atoms with E-state index in [1.807, 2.05) is 20.8 Å². The number of rotatable bonds is 8. The van der Waals surface area contributed by atoms with E-state index in [1.165, 1.54) is 0 Å². The van der Waals surface area contributed by atoms with E-state index < -0.39 is 0 Å². The molecular formula is C18H28N2O3. The summed E-state index contributed by atoms with van der Waals surface area (Å²) in [5.74, 6) is 0.274. The molecular weight excluding hydrogens is 292 g/mol. The molecule has 2 N–H and O–H groups in total. The molecule has 0 atom stereocenters. The van der Waals surface area contributed by atoms with Gasteiger partial charge in [0, 0.05) is 11.1 Å². The van der Waals surface area contributed by atoms with Crippen LogP contribution in [0.1, 0.15) is 57.3 Å². The van der Waals surface area contributed by atoms with Crippen molar-refractivity contribution in [2.75, 3.05) is 13.2 Å². The van der Waals surface area contributed by atoms with Gasteiger partial charge in [0.1, 0.15) is 5.75 Å². The van der Waals surface area contributed by atoms with Crippen LogP contribution in [-0.4, -0.2) is 30.5 Å². The van der Waals surface area contributed by atoms with E-state index in [1.54, 1.807) is 24.3 Å². The van der Waals surface area contributed by atoms with Crippen LogP contribution in [0.15, 0.2) is 24.3 Å². The molecule has 5 heteroatoms. The zero-order valence-electron chi connectivity index (χ0n) is 14.6. The van der Waals surface area contributed by atoms with E-state index >= 15 is 0 Å². The molecule has 128 valence electrons. The van der Waals surface area contributed by atoms with Crippen LogP contribution in [0.5, 0.6) is 5.75 Å². The fraction of sp³-hybridized carbons (Fsp3) is 0.556. The summed E-state index contributed by atoms with van der Waals surface area (Å²) in [5.41, 5.74) is 0.202. The average molecular weight is 320 g/mol. The summed E-state index contributed by atoms with van der Waals surface area (Å²) in [6.45, 7) is 8.48. The topological polar surface area (TPSA) is 67.4 Å². The van der Waals surface area contributed by atoms with Crippen molar-refractivity contribution in [1.29, 1.82) is 0 Å². The van der Waals surface area contributed by atoms with Crippen molar-refractivity contribution in [3.05, 3.63) is 29.8 Å². The summed E-state index contributed by atoms with van der Waals surface area (Å²) in [7, 11) is 0. The lowest BCUT2D eigenvalue weighted by Crippen LogP contribution is -2.45. The van der Waals surface area contributed by atoms with Crippen LogP contribution in [0.4, 0.5) is 0 Å². The summed E-state index contributed by atoms with van der Waals surface area (Å²) in [5, 5.41) is 5.40. The average Bonchev–Trinajstić information content (AvgIpc) is 2.48. The molecule has 2 amide bonds. The Morgan fingerprint density at radius 2 is 1.74 bits per heavy atom. The molecule has 23 heavy (non-hydrogen) atoms. The van der Waals surface area contributed by atoms with Crippen LogP contribution in [-0.2, 0) is 4.79 Å². The second-order valence-corrected chi connectivity index (χ2v) is 6.56. The molecule has 1 aromatic carbocycles. The van der Waals surface area contributed by atoms with Crippen LogP contribution < -0.4 is 15.4 Å². The molecule has 5 nitrogen and oxygen atoms in total. The Kier molecular flexibility index (Phi) is 7.59. The minimum absolute atomic E-state index is 0.0363. The van der Waals surface area contributed by atoms with Crippen molar-refractivity contribution in [2.24, 2.45) is 0 Å². The van der Waals surface area contributed by atoms with E-state index in [4.69, 9.17) is 4.74 Å². The zero-order valence-corrected chi connectivity index (χ0v) is 14.6. The SMILES string of the molecule is CCCCCOc1ccc(C(=O)NCC(=O)NC(C)(C)C)cc1. The predicted octanol–water partition coefficient (Wildman–Crippen LogP) is 2.90. The maximum atomic E-state index is 12.0. The minimum atomic E-state index is -0.307. The molecule has 0 heterocycles. The highest BCUT2D eigenvalue weighted by Crippen LogP contribution is 2.13. The number of hydrogen-bond acceptors (Lipinski definition) is 3. The summed E-state index contributed by atoms with van der Waals surface area (Å²) in [6.07, 6.45) is 3.34. The number of ether oxygens (including phenoxy) is 1. The van der Waals surface area contributed by atoms with E-state index in [2.05, 4.69) is 17.6 Å². The summed E-state index contributed by atoms with van der Waals surface area (Å²) < 4.78 is 5.60. The molecule has 0 aliphatic heterocycles. The Morgan fingerprint density at radius 1 is 1.09 bits per heavy atom. The molecule has 0 aliphatic carbocycles. The van der Waals surface area contributed by atoms with Gasteiger partial charge in [-0.25, -0.2) is 0 Å². The Hall–Kier alpha value is -2.04. The van der Waals surface area contributed by atoms with E-state index in [0.29, 0.717) is 12.2 Å². The monoisotopic (exact) mass is 320 g/mol. The number of hydrogen-bond donors (Lipinski definition) is 2. The lowest BCUT2D eigenvalue weighted by atomic mass is 10.1. The van der Waals surface area contributed by atoms with Crippen molar-refractivity contribution in [1.82, 2.24) is 10.6 Å². The molecule has 0 fully saturated rings. The molecule has 1 aromatic rings. The first-order chi connectivity index (χ1) is 10.8. The van der Waals surface area contributed by atoms with Crippen molar-refractivity contribution in [2.45, 2.75) is 52.5 Å². The van der Waals surface area contributed by atoms with Crippen molar-refractivity contribution < 1.29 is 14.3 Å². The van der Waals surface area contributed by atoms with Crippen molar-refractivity contribution >= 4 is 11.8 Å². The number of amides is 2. The van der Waals surface area contributed by atoms with Gasteiger partial charge in [0.25, 0.3) is 5.91 Å². The normalized spacial score (nSPS) is 11.0. The van der Waals surface area contributed by atoms with Gasteiger partial charge in [0.2, 0.25) is 5.91 Å². The van der Waals surface area contributed by atoms with E-state index in [0.717, 1.165) is 25.0 Å². The van der Waals surface area contributed by atoms with Gasteiger partial charge >= 0.3 is 0 Å². The number of benzene rings is 1. The molecule has 0 unspecified atom stereocenters. The molecule has 0 aromatic heterocycles. The lowest BCUT2D eigenvalue weighted by Gasteiger charge is -2.20. The third-order valence-corrected chi connectivity index (χ3v) is 3.06. The number of carbonyl (C=O) groups excluding carboxylic acids is 2. The first kappa shape index (κ1) is 19.0. The van der Waals surface area contributed by atoms with Gasteiger partial charge < -0.3 is 15.4 Å². The Labute approximate surface area is 138 Å². The maximum absolute atomic E-state index is 12.0. The quantitative estimate of drug-likeness (QED) is 0.724. The predicted molar refractivity (Wildman–Crippen MR) is 91.7 cm³/mol. The van der Waals surface area contributed by atoms with E-state index in [-0.39, 0.29) is 23.9 Å². The Balaban J connectivity index is 2.40. The van der Waals surface area contributed by atoms with Crippen molar-refractivity contribution in [3.8, 4) is 5.75 Å². The van der Waals surface area contributed by atoms with Crippen LogP contribution in [0.3, 0.4) is 0 Å². The van der Waals surface area contributed by atoms with Gasteiger partial charge in [0.15, 0.2) is 0 Å². The lowest BCUT2D eigenvalue weighted by molar-refractivity contribution is -0.121. The third kappa shape index (κ3) is 8.24. The van der Waals surface area contributed by atoms with Gasteiger partial charge in [-0.3, -0.25) is 9.59 Å². The van der Waals surface area contributed by atoms with Crippen LogP contribution in [0, 0.1) is 0 Å². The van der Waals surface area contributed by atoms with Gasteiger partial charge in [-0.1, -0.05) is 19.8 Å². The maximum Gasteiger partial charge on any atom is 0.251 e. The Morgan fingerprint density at radius 3 is 2.30 bits per heavy atom.